The van der Waals surface area contributed by atoms with E-state index in [1.165, 1.54) is 4.90 Å². The summed E-state index contributed by atoms with van der Waals surface area (Å²) in [7, 11) is 0. The number of amides is 4. The fourth-order valence-corrected chi connectivity index (χ4v) is 7.01. The number of aliphatic hydroxyl groups excluding tert-OH is 1. The van der Waals surface area contributed by atoms with Gasteiger partial charge in [0, 0.05) is 61.4 Å². The maximum atomic E-state index is 15.0. The molecule has 0 saturated carbocycles. The summed E-state index contributed by atoms with van der Waals surface area (Å²) >= 11 is 0.690. The summed E-state index contributed by atoms with van der Waals surface area (Å²) in [5, 5.41) is 34.3. The van der Waals surface area contributed by atoms with Gasteiger partial charge in [-0.1, -0.05) is 51.1 Å². The number of aromatic nitrogens is 1. The summed E-state index contributed by atoms with van der Waals surface area (Å²) in [6.45, 7) is 4.47. The summed E-state index contributed by atoms with van der Waals surface area (Å²) in [4.78, 5) is 74.6. The van der Waals surface area contributed by atoms with Crippen LogP contribution in [-0.2, 0) is 35.3 Å². The molecule has 0 aliphatic heterocycles. The molecule has 2 aromatic carbocycles. The zero-order valence-corrected chi connectivity index (χ0v) is 33.3. The molecule has 16 nitrogen and oxygen atoms in total. The third kappa shape index (κ3) is 14.2. The number of benzene rings is 2. The van der Waals surface area contributed by atoms with Crippen molar-refractivity contribution in [1.29, 1.82) is 0 Å². The number of rotatable bonds is 22. The minimum Gasteiger partial charge on any atom is -0.480 e. The number of thioether (sulfide) groups is 1. The Morgan fingerprint density at radius 2 is 1.55 bits per heavy atom. The van der Waals surface area contributed by atoms with E-state index in [9.17, 15) is 43.4 Å². The Kier molecular flexibility index (Phi) is 17.8. The van der Waals surface area contributed by atoms with Crippen LogP contribution in [0.25, 0.3) is 11.1 Å². The van der Waals surface area contributed by atoms with Crippen molar-refractivity contribution in [2.75, 3.05) is 38.5 Å². The number of halogens is 2. The Hall–Kier alpha value is -5.37. The molecule has 10 N–H and O–H groups in total. The largest absolute Gasteiger partial charge is 0.480 e. The molecule has 0 saturated heterocycles. The van der Waals surface area contributed by atoms with Gasteiger partial charge in [0.05, 0.1) is 18.6 Å². The Morgan fingerprint density at radius 3 is 2.17 bits per heavy atom. The maximum Gasteiger partial charge on any atom is 0.321 e. The van der Waals surface area contributed by atoms with Crippen LogP contribution >= 0.6 is 11.8 Å². The Balaban J connectivity index is 1.64. The summed E-state index contributed by atoms with van der Waals surface area (Å²) in [5.74, 6) is -6.79. The summed E-state index contributed by atoms with van der Waals surface area (Å²) in [5.41, 5.74) is 12.8. The van der Waals surface area contributed by atoms with Gasteiger partial charge in [0.15, 0.2) is 0 Å². The van der Waals surface area contributed by atoms with Crippen LogP contribution < -0.4 is 27.4 Å². The molecule has 0 fully saturated rings. The number of carboxylic acid groups (broad SMARTS) is 2. The molecule has 0 aliphatic carbocycles. The van der Waals surface area contributed by atoms with Gasteiger partial charge in [0.25, 0.3) is 0 Å². The van der Waals surface area contributed by atoms with Crippen LogP contribution in [0.2, 0.25) is 0 Å². The number of aliphatic hydroxyl groups is 1. The van der Waals surface area contributed by atoms with Crippen molar-refractivity contribution < 1.29 is 52.9 Å². The molecule has 4 amide bonds. The van der Waals surface area contributed by atoms with Gasteiger partial charge in [-0.15, -0.1) is 11.8 Å². The third-order valence-corrected chi connectivity index (χ3v) is 10.2. The molecule has 1 aromatic heterocycles. The molecule has 1 heterocycles. The van der Waals surface area contributed by atoms with E-state index in [1.54, 1.807) is 12.3 Å². The predicted molar refractivity (Wildman–Crippen MR) is 212 cm³/mol. The molecule has 0 aliphatic rings. The first-order valence-electron chi connectivity index (χ1n) is 18.3. The molecule has 3 aromatic rings. The van der Waals surface area contributed by atoms with E-state index in [0.717, 1.165) is 23.8 Å². The van der Waals surface area contributed by atoms with Gasteiger partial charge in [0.1, 0.15) is 29.5 Å². The number of nitrogens with two attached hydrogens (primary N) is 2. The lowest BCUT2D eigenvalue weighted by Crippen LogP contribution is -2.48. The summed E-state index contributed by atoms with van der Waals surface area (Å²) < 4.78 is 31.2. The number of aliphatic carboxylic acids is 2. The lowest BCUT2D eigenvalue weighted by molar-refractivity contribution is -0.140. The lowest BCUT2D eigenvalue weighted by atomic mass is 9.82. The Labute approximate surface area is 338 Å². The van der Waals surface area contributed by atoms with Gasteiger partial charge >= 0.3 is 11.9 Å². The summed E-state index contributed by atoms with van der Waals surface area (Å²) in [6, 6.07) is 11.1. The Bertz CT molecular complexity index is 1910. The van der Waals surface area contributed by atoms with Crippen molar-refractivity contribution in [1.82, 2.24) is 25.4 Å². The standard InChI is InChI=1S/C39H51F2N7O9S/c1-39(2,3)35(30-15-24(26-16-25(40)9-10-27(26)41)20-47(30)19-23-7-5-4-6-8-23)48(34(52)21-49)14-11-28(42)36(53)45-13-12-44-33(51)18-46-32(50)17-31(38(56)57)58-22-29(43)37(54)55/h4-10,15-16,20,28-29,31,35,49H,11-14,17-19,21-22,42-43H2,1-3H3,(H,44,51)(H,45,53)(H,46,50)(H,54,55)(H,56,57)/t28-,29-,31-,35?/m0/s1. The van der Waals surface area contributed by atoms with E-state index in [1.807, 2.05) is 55.7 Å². The van der Waals surface area contributed by atoms with Crippen LogP contribution in [0.5, 0.6) is 0 Å². The highest BCUT2D eigenvalue weighted by Crippen LogP contribution is 2.41. The average Bonchev–Trinajstić information content (AvgIpc) is 3.57. The SMILES string of the molecule is CC(C)(C)C(c1cc(-c2cc(F)ccc2F)cn1Cc1ccccc1)N(CC[C@H](N)C(=O)NCCNC(=O)CNC(=O)C[C@H](SC[C@H](N)C(=O)O)C(=O)O)C(=O)CO. The van der Waals surface area contributed by atoms with Gasteiger partial charge < -0.3 is 52.2 Å². The number of carbonyl (C=O) groups excluding carboxylic acids is 4. The second kappa shape index (κ2) is 22.0. The van der Waals surface area contributed by atoms with E-state index in [4.69, 9.17) is 16.6 Å². The van der Waals surface area contributed by atoms with Gasteiger partial charge in [-0.2, -0.15) is 0 Å². The van der Waals surface area contributed by atoms with Crippen LogP contribution in [-0.4, -0.2) is 116 Å². The van der Waals surface area contributed by atoms with Crippen molar-refractivity contribution >= 4 is 47.3 Å². The third-order valence-electron chi connectivity index (χ3n) is 8.88. The van der Waals surface area contributed by atoms with Crippen molar-refractivity contribution in [3.63, 3.8) is 0 Å². The first-order valence-corrected chi connectivity index (χ1v) is 19.4. The average molecular weight is 832 g/mol. The fraction of sp³-hybridized carbons (Fsp3) is 0.436. The lowest BCUT2D eigenvalue weighted by Gasteiger charge is -2.41. The molecule has 0 spiro atoms. The highest BCUT2D eigenvalue weighted by Gasteiger charge is 2.37. The monoisotopic (exact) mass is 831 g/mol. The highest BCUT2D eigenvalue weighted by molar-refractivity contribution is 8.00. The van der Waals surface area contributed by atoms with Crippen LogP contribution in [0.4, 0.5) is 8.78 Å². The molecule has 19 heteroatoms. The number of carbonyl (C=O) groups is 6. The first-order chi connectivity index (χ1) is 27.3. The number of hydrogen-bond acceptors (Lipinski definition) is 10. The summed E-state index contributed by atoms with van der Waals surface area (Å²) in [6.07, 6.45) is 1.12. The van der Waals surface area contributed by atoms with Crippen molar-refractivity contribution in [3.05, 3.63) is 83.7 Å². The van der Waals surface area contributed by atoms with Crippen LogP contribution in [0.3, 0.4) is 0 Å². The van der Waals surface area contributed by atoms with Gasteiger partial charge in [-0.25, -0.2) is 8.78 Å². The molecule has 0 bridgehead atoms. The molecule has 316 valence electrons. The number of nitrogens with zero attached hydrogens (tertiary/aromatic N) is 2. The zero-order chi connectivity index (χ0) is 43.2. The fourth-order valence-electron chi connectivity index (χ4n) is 6.02. The van der Waals surface area contributed by atoms with Crippen LogP contribution in [0, 0.1) is 17.0 Å². The molecule has 4 atom stereocenters. The Morgan fingerprint density at radius 1 is 0.879 bits per heavy atom. The quantitative estimate of drug-likeness (QED) is 0.0670. The molecule has 1 unspecified atom stereocenters. The highest BCUT2D eigenvalue weighted by atomic mass is 32.2. The number of carboxylic acids is 2. The van der Waals surface area contributed by atoms with Gasteiger partial charge in [-0.3, -0.25) is 28.8 Å². The van der Waals surface area contributed by atoms with Crippen LogP contribution in [0.15, 0.2) is 60.8 Å². The second-order valence-corrected chi connectivity index (χ2v) is 15.8. The zero-order valence-electron chi connectivity index (χ0n) is 32.5. The predicted octanol–water partition coefficient (Wildman–Crippen LogP) is 1.44. The number of nitrogens with one attached hydrogen (secondary N) is 3. The van der Waals surface area contributed by atoms with Crippen molar-refractivity contribution in [3.8, 4) is 11.1 Å². The van der Waals surface area contributed by atoms with E-state index in [0.29, 0.717) is 29.6 Å². The normalized spacial score (nSPS) is 13.4. The van der Waals surface area contributed by atoms with Crippen molar-refractivity contribution in [2.24, 2.45) is 16.9 Å². The van der Waals surface area contributed by atoms with Gasteiger partial charge in [0.2, 0.25) is 23.6 Å². The van der Waals surface area contributed by atoms with Crippen molar-refractivity contribution in [2.45, 2.75) is 63.5 Å². The van der Waals surface area contributed by atoms with E-state index in [2.05, 4.69) is 16.0 Å². The second-order valence-electron chi connectivity index (χ2n) is 14.5. The maximum absolute atomic E-state index is 15.0. The topological polar surface area (TPSA) is 259 Å². The molecule has 58 heavy (non-hydrogen) atoms. The molecule has 3 rings (SSSR count). The first kappa shape index (κ1) is 47.0. The van der Waals surface area contributed by atoms with E-state index in [-0.39, 0.29) is 37.4 Å². The minimum atomic E-state index is -1.35. The van der Waals surface area contributed by atoms with E-state index >= 15 is 4.39 Å². The number of hydrogen-bond donors (Lipinski definition) is 8. The van der Waals surface area contributed by atoms with Gasteiger partial charge in [-0.05, 0) is 41.7 Å². The van der Waals surface area contributed by atoms with E-state index < -0.39 is 95.6 Å². The molecule has 0 radical (unpaired) electrons. The molecular weight excluding hydrogens is 781 g/mol. The van der Waals surface area contributed by atoms with Crippen LogP contribution in [0.1, 0.15) is 50.9 Å². The molecular formula is C39H51F2N7O9S. The minimum absolute atomic E-state index is 0.0288. The smallest absolute Gasteiger partial charge is 0.321 e.